The summed E-state index contributed by atoms with van der Waals surface area (Å²) in [6.45, 7) is 3.88. The Kier molecular flexibility index (Phi) is 4.43. The average Bonchev–Trinajstić information content (AvgIpc) is 2.28. The number of aliphatic hydroxyl groups excluding tert-OH is 1. The first kappa shape index (κ1) is 12.6. The quantitative estimate of drug-likeness (QED) is 0.616. The molecule has 4 nitrogen and oxygen atoms in total. The fourth-order valence-corrected chi connectivity index (χ4v) is 1.71. The lowest BCUT2D eigenvalue weighted by Crippen LogP contribution is -2.18. The molecule has 0 saturated heterocycles. The van der Waals surface area contributed by atoms with E-state index in [1.807, 2.05) is 19.9 Å². The van der Waals surface area contributed by atoms with Crippen LogP contribution in [0.5, 0.6) is 0 Å². The van der Waals surface area contributed by atoms with Gasteiger partial charge in [0.25, 0.3) is 5.69 Å². The monoisotopic (exact) mass is 223 g/mol. The molecule has 0 saturated carbocycles. The van der Waals surface area contributed by atoms with Crippen LogP contribution in [-0.2, 0) is 6.42 Å². The van der Waals surface area contributed by atoms with Crippen molar-refractivity contribution in [1.82, 2.24) is 0 Å². The minimum atomic E-state index is -0.398. The fourth-order valence-electron chi connectivity index (χ4n) is 1.71. The van der Waals surface area contributed by atoms with Crippen LogP contribution in [0.15, 0.2) is 24.3 Å². The molecule has 0 bridgehead atoms. The van der Waals surface area contributed by atoms with Crippen LogP contribution in [0.1, 0.15) is 25.8 Å². The maximum atomic E-state index is 10.6. The van der Waals surface area contributed by atoms with Crippen LogP contribution in [0.25, 0.3) is 0 Å². The van der Waals surface area contributed by atoms with Gasteiger partial charge in [-0.05, 0) is 24.3 Å². The van der Waals surface area contributed by atoms with Gasteiger partial charge in [0.15, 0.2) is 0 Å². The predicted molar refractivity (Wildman–Crippen MR) is 62.3 cm³/mol. The van der Waals surface area contributed by atoms with Gasteiger partial charge < -0.3 is 5.11 Å². The summed E-state index contributed by atoms with van der Waals surface area (Å²) in [7, 11) is 0. The molecule has 0 aliphatic carbocycles. The van der Waals surface area contributed by atoms with Crippen molar-refractivity contribution >= 4 is 5.69 Å². The maximum Gasteiger partial charge on any atom is 0.269 e. The van der Waals surface area contributed by atoms with Gasteiger partial charge in [0, 0.05) is 12.1 Å². The van der Waals surface area contributed by atoms with Crippen LogP contribution in [-0.4, -0.2) is 16.1 Å². The number of hydrogen-bond donors (Lipinski definition) is 1. The van der Waals surface area contributed by atoms with Gasteiger partial charge in [0.2, 0.25) is 0 Å². The minimum absolute atomic E-state index is 0.107. The van der Waals surface area contributed by atoms with Crippen LogP contribution in [0, 0.1) is 16.0 Å². The summed E-state index contributed by atoms with van der Waals surface area (Å²) in [6.07, 6.45) is 1.02. The zero-order valence-corrected chi connectivity index (χ0v) is 9.59. The van der Waals surface area contributed by atoms with Crippen molar-refractivity contribution in [2.45, 2.75) is 32.8 Å². The highest BCUT2D eigenvalue weighted by Crippen LogP contribution is 2.18. The Balaban J connectivity index is 2.74. The summed E-state index contributed by atoms with van der Waals surface area (Å²) in [4.78, 5) is 10.2. The third-order valence-corrected chi connectivity index (χ3v) is 2.75. The summed E-state index contributed by atoms with van der Waals surface area (Å²) in [6, 6.07) is 6.58. The molecule has 1 aromatic rings. The van der Waals surface area contributed by atoms with Crippen LogP contribution in [0.3, 0.4) is 0 Å². The number of non-ortho nitro benzene ring substituents is 1. The van der Waals surface area contributed by atoms with E-state index in [4.69, 9.17) is 0 Å². The van der Waals surface area contributed by atoms with E-state index in [2.05, 4.69) is 0 Å². The fraction of sp³-hybridized carbons (Fsp3) is 0.500. The van der Waals surface area contributed by atoms with Crippen molar-refractivity contribution in [1.29, 1.82) is 0 Å². The topological polar surface area (TPSA) is 63.4 Å². The van der Waals surface area contributed by atoms with Crippen molar-refractivity contribution in [3.63, 3.8) is 0 Å². The van der Waals surface area contributed by atoms with Gasteiger partial charge in [0.1, 0.15) is 0 Å². The van der Waals surface area contributed by atoms with Gasteiger partial charge in [-0.15, -0.1) is 0 Å². The minimum Gasteiger partial charge on any atom is -0.393 e. The molecule has 0 amide bonds. The van der Waals surface area contributed by atoms with Crippen LogP contribution in [0.4, 0.5) is 5.69 Å². The molecule has 0 heterocycles. The highest BCUT2D eigenvalue weighted by Gasteiger charge is 2.14. The molecule has 1 N–H and O–H groups in total. The summed E-state index contributed by atoms with van der Waals surface area (Å²) < 4.78 is 0. The predicted octanol–water partition coefficient (Wildman–Crippen LogP) is 2.54. The first-order valence-corrected chi connectivity index (χ1v) is 5.46. The lowest BCUT2D eigenvalue weighted by atomic mass is 9.94. The van der Waals surface area contributed by atoms with Crippen LogP contribution >= 0.6 is 0 Å². The van der Waals surface area contributed by atoms with Gasteiger partial charge in [-0.3, -0.25) is 10.1 Å². The Hall–Kier alpha value is -1.42. The van der Waals surface area contributed by atoms with Gasteiger partial charge >= 0.3 is 0 Å². The van der Waals surface area contributed by atoms with Crippen molar-refractivity contribution in [2.24, 2.45) is 5.92 Å². The second kappa shape index (κ2) is 5.61. The SMILES string of the molecule is CCC(O)C(C)Cc1cccc([N+](=O)[O-])c1. The lowest BCUT2D eigenvalue weighted by molar-refractivity contribution is -0.384. The number of benzene rings is 1. The number of aliphatic hydroxyl groups is 1. The molecule has 0 aliphatic heterocycles. The highest BCUT2D eigenvalue weighted by molar-refractivity contribution is 5.34. The van der Waals surface area contributed by atoms with E-state index >= 15 is 0 Å². The van der Waals surface area contributed by atoms with Crippen LogP contribution in [0.2, 0.25) is 0 Å². The Morgan fingerprint density at radius 2 is 2.19 bits per heavy atom. The van der Waals surface area contributed by atoms with Crippen molar-refractivity contribution in [2.75, 3.05) is 0 Å². The molecule has 0 radical (unpaired) electrons. The second-order valence-electron chi connectivity index (χ2n) is 4.08. The van der Waals surface area contributed by atoms with E-state index in [9.17, 15) is 15.2 Å². The lowest BCUT2D eigenvalue weighted by Gasteiger charge is -2.16. The molecule has 2 unspecified atom stereocenters. The van der Waals surface area contributed by atoms with Crippen molar-refractivity contribution in [3.8, 4) is 0 Å². The molecule has 1 rings (SSSR count). The third-order valence-electron chi connectivity index (χ3n) is 2.75. The zero-order valence-electron chi connectivity index (χ0n) is 9.59. The highest BCUT2D eigenvalue weighted by atomic mass is 16.6. The molecule has 0 aromatic heterocycles. The molecule has 4 heteroatoms. The first-order valence-electron chi connectivity index (χ1n) is 5.46. The molecule has 1 aromatic carbocycles. The van der Waals surface area contributed by atoms with Gasteiger partial charge in [0.05, 0.1) is 11.0 Å². The number of hydrogen-bond acceptors (Lipinski definition) is 3. The Bertz CT molecular complexity index is 365. The number of rotatable bonds is 5. The normalized spacial score (nSPS) is 14.4. The van der Waals surface area contributed by atoms with E-state index in [1.165, 1.54) is 6.07 Å². The van der Waals surface area contributed by atoms with E-state index in [1.54, 1.807) is 12.1 Å². The second-order valence-corrected chi connectivity index (χ2v) is 4.08. The zero-order chi connectivity index (χ0) is 12.1. The third kappa shape index (κ3) is 3.31. The number of nitrogens with zero attached hydrogens (tertiary/aromatic N) is 1. The smallest absolute Gasteiger partial charge is 0.269 e. The summed E-state index contributed by atoms with van der Waals surface area (Å²) in [5.41, 5.74) is 1.00. The largest absolute Gasteiger partial charge is 0.393 e. The summed E-state index contributed by atoms with van der Waals surface area (Å²) in [5.74, 6) is 0.118. The maximum absolute atomic E-state index is 10.6. The van der Waals surface area contributed by atoms with E-state index < -0.39 is 4.92 Å². The average molecular weight is 223 g/mol. The van der Waals surface area contributed by atoms with E-state index in [0.717, 1.165) is 5.56 Å². The summed E-state index contributed by atoms with van der Waals surface area (Å²) in [5, 5.41) is 20.2. The molecular weight excluding hydrogens is 206 g/mol. The molecule has 16 heavy (non-hydrogen) atoms. The van der Waals surface area contributed by atoms with Crippen LogP contribution < -0.4 is 0 Å². The van der Waals surface area contributed by atoms with Gasteiger partial charge in [-0.2, -0.15) is 0 Å². The number of nitro groups is 1. The molecule has 2 atom stereocenters. The van der Waals surface area contributed by atoms with Gasteiger partial charge in [-0.25, -0.2) is 0 Å². The van der Waals surface area contributed by atoms with Crippen molar-refractivity contribution < 1.29 is 10.0 Å². The molecule has 0 spiro atoms. The molecule has 88 valence electrons. The molecule has 0 fully saturated rings. The Morgan fingerprint density at radius 1 is 1.50 bits per heavy atom. The molecule has 0 aliphatic rings. The van der Waals surface area contributed by atoms with Gasteiger partial charge in [-0.1, -0.05) is 26.0 Å². The molecular formula is C12H17NO3. The van der Waals surface area contributed by atoms with E-state index in [0.29, 0.717) is 12.8 Å². The Morgan fingerprint density at radius 3 is 2.75 bits per heavy atom. The van der Waals surface area contributed by atoms with Crippen molar-refractivity contribution in [3.05, 3.63) is 39.9 Å². The summed E-state index contributed by atoms with van der Waals surface area (Å²) >= 11 is 0. The standard InChI is InChI=1S/C12H17NO3/c1-3-12(14)9(2)7-10-5-4-6-11(8-10)13(15)16/h4-6,8-9,12,14H,3,7H2,1-2H3. The number of nitro benzene ring substituents is 1. The van der Waals surface area contributed by atoms with E-state index in [-0.39, 0.29) is 17.7 Å². The Labute approximate surface area is 95.1 Å². The first-order chi connectivity index (χ1) is 7.54.